The Morgan fingerprint density at radius 3 is 1.81 bits per heavy atom. The summed E-state index contributed by atoms with van der Waals surface area (Å²) in [6.45, 7) is 4.09. The maximum absolute atomic E-state index is 12.1. The summed E-state index contributed by atoms with van der Waals surface area (Å²) in [7, 11) is 0. The predicted octanol–water partition coefficient (Wildman–Crippen LogP) is 4.16. The highest BCUT2D eigenvalue weighted by Gasteiger charge is 2.05. The van der Waals surface area contributed by atoms with E-state index in [1.165, 1.54) is 0 Å². The molecule has 0 aliphatic heterocycles. The molecule has 2 rings (SSSR count). The third-order valence-corrected chi connectivity index (χ3v) is 3.04. The van der Waals surface area contributed by atoms with E-state index >= 15 is 0 Å². The second-order valence-corrected chi connectivity index (χ2v) is 4.96. The molecule has 1 aromatic carbocycles. The molecule has 0 aliphatic carbocycles. The van der Waals surface area contributed by atoms with Gasteiger partial charge in [-0.3, -0.25) is 14.6 Å². The van der Waals surface area contributed by atoms with Gasteiger partial charge in [-0.25, -0.2) is 0 Å². The topological polar surface area (TPSA) is 37.8 Å². The highest BCUT2D eigenvalue weighted by molar-refractivity contribution is 5.77. The minimum Gasteiger partial charge on any atom is -0.282 e. The molecule has 1 aromatic heterocycles. The molecule has 0 amide bonds. The lowest BCUT2D eigenvalue weighted by atomic mass is 10.3. The first-order chi connectivity index (χ1) is 10.2. The van der Waals surface area contributed by atoms with Gasteiger partial charge in [0.2, 0.25) is 0 Å². The van der Waals surface area contributed by atoms with E-state index in [-0.39, 0.29) is 11.6 Å². The van der Waals surface area contributed by atoms with Gasteiger partial charge in [-0.2, -0.15) is 0 Å². The molecule has 0 radical (unpaired) electrons. The van der Waals surface area contributed by atoms with Crippen LogP contribution in [0.15, 0.2) is 77.6 Å². The average molecular weight is 280 g/mol. The van der Waals surface area contributed by atoms with Crippen molar-refractivity contribution in [3.05, 3.63) is 83.2 Å². The standard InChI is InChI=1S/C18H20N2O/c1-15(2)20-17-14-12-10-8-6-4-3-5-7-9-11-13-16(17)18(21)19-20/h3-15H,1-2H3,(H,19,21). The average Bonchev–Trinajstić information content (AvgIpc) is 2.77. The monoisotopic (exact) mass is 280 g/mol. The Kier molecular flexibility index (Phi) is 5.16. The Balaban J connectivity index is 2.79. The fraction of sp³-hybridized carbons (Fsp3) is 0.167. The van der Waals surface area contributed by atoms with E-state index in [1.807, 2.05) is 91.3 Å². The number of aromatic nitrogens is 2. The quantitative estimate of drug-likeness (QED) is 0.837. The first kappa shape index (κ1) is 14.9. The number of aromatic amines is 1. The number of nitrogens with one attached hydrogen (secondary N) is 1. The fourth-order valence-corrected chi connectivity index (χ4v) is 2.03. The van der Waals surface area contributed by atoms with Gasteiger partial charge in [-0.05, 0) is 26.0 Å². The minimum absolute atomic E-state index is 0.0699. The number of nitrogens with zero attached hydrogens (tertiary/aromatic N) is 1. The van der Waals surface area contributed by atoms with Crippen LogP contribution in [0.4, 0.5) is 0 Å². The van der Waals surface area contributed by atoms with Gasteiger partial charge in [0, 0.05) is 6.04 Å². The summed E-state index contributed by atoms with van der Waals surface area (Å²) in [4.78, 5) is 12.1. The van der Waals surface area contributed by atoms with Gasteiger partial charge in [0.25, 0.3) is 5.56 Å². The minimum atomic E-state index is -0.0699. The Bertz CT molecular complexity index is 769. The van der Waals surface area contributed by atoms with Crippen molar-refractivity contribution in [2.45, 2.75) is 19.9 Å². The molecule has 0 fully saturated rings. The second-order valence-electron chi connectivity index (χ2n) is 4.96. The van der Waals surface area contributed by atoms with Crippen LogP contribution < -0.4 is 5.56 Å². The van der Waals surface area contributed by atoms with Gasteiger partial charge in [0.15, 0.2) is 0 Å². The molecule has 3 heteroatoms. The Morgan fingerprint density at radius 2 is 1.29 bits per heavy atom. The number of H-pyrrole nitrogens is 1. The van der Waals surface area contributed by atoms with Gasteiger partial charge in [-0.1, -0.05) is 60.7 Å². The van der Waals surface area contributed by atoms with Gasteiger partial charge in [0.1, 0.15) is 0 Å². The summed E-state index contributed by atoms with van der Waals surface area (Å²) in [5, 5.41) is 3.56. The number of fused-ring (bicyclic) bond motifs is 1. The summed E-state index contributed by atoms with van der Waals surface area (Å²) >= 11 is 0. The van der Waals surface area contributed by atoms with E-state index in [2.05, 4.69) is 5.10 Å². The second kappa shape index (κ2) is 7.29. The number of hydrogen-bond acceptors (Lipinski definition) is 1. The first-order valence-electron chi connectivity index (χ1n) is 7.06. The number of rotatable bonds is 1. The maximum Gasteiger partial charge on any atom is 0.271 e. The molecule has 1 N–H and O–H groups in total. The third kappa shape index (κ3) is 3.96. The van der Waals surface area contributed by atoms with E-state index in [0.29, 0.717) is 5.39 Å². The fourth-order valence-electron chi connectivity index (χ4n) is 2.03. The van der Waals surface area contributed by atoms with Gasteiger partial charge < -0.3 is 0 Å². The van der Waals surface area contributed by atoms with Crippen molar-refractivity contribution < 1.29 is 0 Å². The molecule has 0 aliphatic rings. The van der Waals surface area contributed by atoms with E-state index < -0.39 is 0 Å². The number of hydrogen-bond donors (Lipinski definition) is 1. The van der Waals surface area contributed by atoms with Crippen LogP contribution in [0, 0.1) is 0 Å². The van der Waals surface area contributed by atoms with Crippen molar-refractivity contribution in [2.24, 2.45) is 0 Å². The molecule has 3 nitrogen and oxygen atoms in total. The predicted molar refractivity (Wildman–Crippen MR) is 88.2 cm³/mol. The van der Waals surface area contributed by atoms with Crippen LogP contribution in [0.5, 0.6) is 0 Å². The summed E-state index contributed by atoms with van der Waals surface area (Å²) in [6.07, 6.45) is 0. The van der Waals surface area contributed by atoms with E-state index in [0.717, 1.165) is 5.52 Å². The Morgan fingerprint density at radius 1 is 0.810 bits per heavy atom. The highest BCUT2D eigenvalue weighted by Crippen LogP contribution is 2.11. The molecule has 2 aromatic rings. The van der Waals surface area contributed by atoms with Crippen molar-refractivity contribution >= 4 is 10.9 Å². The normalized spacial score (nSPS) is 10.0. The molecule has 0 saturated heterocycles. The SMILES string of the molecule is CC(C)n1[nH]c(=O)c2ccccccccccccc21. The van der Waals surface area contributed by atoms with Crippen molar-refractivity contribution in [3.63, 3.8) is 0 Å². The molecule has 0 saturated carbocycles. The Hall–Kier alpha value is -2.55. The van der Waals surface area contributed by atoms with Crippen molar-refractivity contribution in [2.75, 3.05) is 0 Å². The molecular formula is C18H20N2O. The molecular weight excluding hydrogens is 260 g/mol. The van der Waals surface area contributed by atoms with Crippen LogP contribution in [0.1, 0.15) is 19.9 Å². The molecule has 0 unspecified atom stereocenters. The van der Waals surface area contributed by atoms with Crippen molar-refractivity contribution in [1.29, 1.82) is 0 Å². The zero-order valence-corrected chi connectivity index (χ0v) is 12.4. The van der Waals surface area contributed by atoms with Crippen LogP contribution in [0.3, 0.4) is 0 Å². The molecule has 0 spiro atoms. The van der Waals surface area contributed by atoms with Gasteiger partial charge in [-0.15, -0.1) is 0 Å². The lowest BCUT2D eigenvalue weighted by Gasteiger charge is -2.06. The molecule has 0 bridgehead atoms. The van der Waals surface area contributed by atoms with E-state index in [9.17, 15) is 4.79 Å². The first-order valence-corrected chi connectivity index (χ1v) is 7.06. The molecule has 0 atom stereocenters. The Labute approximate surface area is 124 Å². The summed E-state index contributed by atoms with van der Waals surface area (Å²) < 4.78 is 1.89. The van der Waals surface area contributed by atoms with Crippen molar-refractivity contribution in [3.8, 4) is 0 Å². The lowest BCUT2D eigenvalue weighted by molar-refractivity contribution is 0.546. The van der Waals surface area contributed by atoms with Crippen LogP contribution >= 0.6 is 0 Å². The van der Waals surface area contributed by atoms with E-state index in [1.54, 1.807) is 0 Å². The molecule has 108 valence electrons. The smallest absolute Gasteiger partial charge is 0.271 e. The van der Waals surface area contributed by atoms with Crippen LogP contribution in [-0.2, 0) is 0 Å². The van der Waals surface area contributed by atoms with Crippen LogP contribution in [0.25, 0.3) is 10.9 Å². The maximum atomic E-state index is 12.1. The zero-order valence-electron chi connectivity index (χ0n) is 12.4. The van der Waals surface area contributed by atoms with Crippen LogP contribution in [0.2, 0.25) is 0 Å². The summed E-state index contributed by atoms with van der Waals surface area (Å²) in [6, 6.07) is 23.4. The zero-order chi connectivity index (χ0) is 15.1. The van der Waals surface area contributed by atoms with Crippen molar-refractivity contribution in [1.82, 2.24) is 9.78 Å². The lowest BCUT2D eigenvalue weighted by Crippen LogP contribution is -2.07. The third-order valence-electron chi connectivity index (χ3n) is 3.04. The largest absolute Gasteiger partial charge is 0.282 e. The van der Waals surface area contributed by atoms with Crippen LogP contribution in [-0.4, -0.2) is 9.78 Å². The van der Waals surface area contributed by atoms with Gasteiger partial charge in [0.05, 0.1) is 10.9 Å². The molecule has 21 heavy (non-hydrogen) atoms. The summed E-state index contributed by atoms with van der Waals surface area (Å²) in [5.74, 6) is 0. The summed E-state index contributed by atoms with van der Waals surface area (Å²) in [5.41, 5.74) is 0.820. The highest BCUT2D eigenvalue weighted by atomic mass is 16.1. The molecule has 1 heterocycles. The van der Waals surface area contributed by atoms with E-state index in [4.69, 9.17) is 0 Å². The van der Waals surface area contributed by atoms with Gasteiger partial charge >= 0.3 is 0 Å².